The summed E-state index contributed by atoms with van der Waals surface area (Å²) in [6.45, 7) is 14.4. The number of hydrogen-bond acceptors (Lipinski definition) is 5. The van der Waals surface area contributed by atoms with Gasteiger partial charge in [0, 0.05) is 19.1 Å². The van der Waals surface area contributed by atoms with Crippen molar-refractivity contribution in [3.05, 3.63) is 28.8 Å². The van der Waals surface area contributed by atoms with Gasteiger partial charge in [0.05, 0.1) is 21.8 Å². The molecule has 2 aliphatic heterocycles. The molecule has 31 heavy (non-hydrogen) atoms. The zero-order valence-corrected chi connectivity index (χ0v) is 20.1. The van der Waals surface area contributed by atoms with Crippen LogP contribution in [0, 0.1) is 0 Å². The largest absolute Gasteiger partial charge is 0.494 e. The van der Waals surface area contributed by atoms with E-state index in [1.54, 1.807) is 23.1 Å². The lowest BCUT2D eigenvalue weighted by molar-refractivity contribution is 0.00578. The second-order valence-electron chi connectivity index (χ2n) is 10.2. The summed E-state index contributed by atoms with van der Waals surface area (Å²) >= 11 is 6.43. The van der Waals surface area contributed by atoms with Gasteiger partial charge in [-0.15, -0.1) is 0 Å². The summed E-state index contributed by atoms with van der Waals surface area (Å²) in [4.78, 5) is 26.6. The molecular weight excluding hydrogens is 419 g/mol. The maximum Gasteiger partial charge on any atom is 0.494 e. The first-order chi connectivity index (χ1) is 14.2. The van der Waals surface area contributed by atoms with Gasteiger partial charge in [-0.25, -0.2) is 4.79 Å². The second-order valence-corrected chi connectivity index (χ2v) is 10.6. The molecule has 7 nitrogen and oxygen atoms in total. The molecule has 9 heteroatoms. The Balaban J connectivity index is 1.61. The summed E-state index contributed by atoms with van der Waals surface area (Å²) in [6.07, 6.45) is 0.295. The first kappa shape index (κ1) is 23.9. The first-order valence-corrected chi connectivity index (χ1v) is 11.0. The number of nitrogens with zero attached hydrogens (tertiary/aromatic N) is 1. The molecule has 2 amide bonds. The van der Waals surface area contributed by atoms with Crippen molar-refractivity contribution in [1.82, 2.24) is 10.2 Å². The maximum atomic E-state index is 12.8. The topological polar surface area (TPSA) is 77.1 Å². The minimum atomic E-state index is -0.551. The van der Waals surface area contributed by atoms with E-state index in [2.05, 4.69) is 5.32 Å². The molecule has 2 saturated heterocycles. The van der Waals surface area contributed by atoms with Crippen LogP contribution < -0.4 is 10.8 Å². The van der Waals surface area contributed by atoms with Gasteiger partial charge in [-0.3, -0.25) is 4.79 Å². The Morgan fingerprint density at radius 2 is 1.81 bits per heavy atom. The Bertz CT molecular complexity index is 852. The van der Waals surface area contributed by atoms with E-state index < -0.39 is 23.9 Å². The minimum absolute atomic E-state index is 0.154. The average Bonchev–Trinajstić information content (AvgIpc) is 3.15. The maximum absolute atomic E-state index is 12.8. The lowest BCUT2D eigenvalue weighted by Gasteiger charge is -2.32. The highest BCUT2D eigenvalue weighted by Gasteiger charge is 2.51. The molecule has 0 aliphatic carbocycles. The molecule has 1 aromatic rings. The lowest BCUT2D eigenvalue weighted by atomic mass is 9.79. The molecule has 1 N–H and O–H groups in total. The third-order valence-electron chi connectivity index (χ3n) is 5.94. The number of halogens is 1. The van der Waals surface area contributed by atoms with E-state index in [4.69, 9.17) is 25.6 Å². The molecule has 0 radical (unpaired) electrons. The predicted molar refractivity (Wildman–Crippen MR) is 121 cm³/mol. The predicted octanol–water partition coefficient (Wildman–Crippen LogP) is 3.38. The molecule has 1 atom stereocenters. The van der Waals surface area contributed by atoms with Crippen LogP contribution in [0.2, 0.25) is 5.02 Å². The van der Waals surface area contributed by atoms with Crippen LogP contribution in [-0.4, -0.2) is 60.0 Å². The summed E-state index contributed by atoms with van der Waals surface area (Å²) in [5, 5.41) is 3.29. The number of rotatable bonds is 3. The van der Waals surface area contributed by atoms with Crippen LogP contribution in [-0.2, 0) is 14.0 Å². The molecule has 2 aliphatic rings. The Labute approximate surface area is 189 Å². The van der Waals surface area contributed by atoms with E-state index in [0.717, 1.165) is 5.46 Å². The van der Waals surface area contributed by atoms with Crippen molar-refractivity contribution < 1.29 is 23.6 Å². The van der Waals surface area contributed by atoms with Gasteiger partial charge in [-0.05, 0) is 72.5 Å². The van der Waals surface area contributed by atoms with Gasteiger partial charge in [-0.1, -0.05) is 17.7 Å². The summed E-state index contributed by atoms with van der Waals surface area (Å²) < 4.78 is 17.5. The van der Waals surface area contributed by atoms with Gasteiger partial charge in [0.1, 0.15) is 5.60 Å². The molecule has 0 spiro atoms. The van der Waals surface area contributed by atoms with Gasteiger partial charge in [0.15, 0.2) is 0 Å². The molecule has 0 unspecified atom stereocenters. The first-order valence-electron chi connectivity index (χ1n) is 10.6. The van der Waals surface area contributed by atoms with Gasteiger partial charge < -0.3 is 24.3 Å². The highest BCUT2D eigenvalue weighted by molar-refractivity contribution is 6.62. The van der Waals surface area contributed by atoms with Crippen molar-refractivity contribution in [3.63, 3.8) is 0 Å². The second kappa shape index (κ2) is 8.30. The van der Waals surface area contributed by atoms with Crippen LogP contribution in [0.5, 0.6) is 0 Å². The van der Waals surface area contributed by atoms with Crippen LogP contribution in [0.15, 0.2) is 18.2 Å². The number of amides is 2. The minimum Gasteiger partial charge on any atom is -0.444 e. The summed E-state index contributed by atoms with van der Waals surface area (Å²) in [7, 11) is -0.545. The molecular formula is C22H32BClN2O5. The van der Waals surface area contributed by atoms with Crippen LogP contribution in [0.25, 0.3) is 0 Å². The fraction of sp³-hybridized carbons (Fsp3) is 0.636. The number of hydrogen-bond donors (Lipinski definition) is 1. The quantitative estimate of drug-likeness (QED) is 0.714. The Morgan fingerprint density at radius 3 is 2.35 bits per heavy atom. The molecule has 0 bridgehead atoms. The van der Waals surface area contributed by atoms with Crippen LogP contribution >= 0.6 is 11.6 Å². The van der Waals surface area contributed by atoms with E-state index >= 15 is 0 Å². The van der Waals surface area contributed by atoms with Crippen molar-refractivity contribution in [1.29, 1.82) is 0 Å². The van der Waals surface area contributed by atoms with Crippen molar-refractivity contribution in [2.45, 2.75) is 77.7 Å². The van der Waals surface area contributed by atoms with E-state index in [1.807, 2.05) is 48.5 Å². The standard InChI is InChI=1S/C22H32BClN2O5/c1-20(2,3)29-19(28)26-11-10-15(13-26)25-18(27)16-9-8-14(12-17(16)24)23-30-21(4,5)22(6,7)31-23/h8-9,12,15H,10-11,13H2,1-7H3,(H,25,27)/t15-/m1/s1. The highest BCUT2D eigenvalue weighted by atomic mass is 35.5. The van der Waals surface area contributed by atoms with Crippen LogP contribution in [0.1, 0.15) is 65.2 Å². The van der Waals surface area contributed by atoms with Crippen LogP contribution in [0.4, 0.5) is 4.79 Å². The normalized spacial score (nSPS) is 22.5. The molecule has 1 aromatic carbocycles. The molecule has 2 fully saturated rings. The van der Waals surface area contributed by atoms with Crippen molar-refractivity contribution in [2.24, 2.45) is 0 Å². The fourth-order valence-corrected chi connectivity index (χ4v) is 3.75. The summed E-state index contributed by atoms with van der Waals surface area (Å²) in [6, 6.07) is 5.03. The van der Waals surface area contributed by atoms with E-state index in [-0.39, 0.29) is 18.0 Å². The van der Waals surface area contributed by atoms with Crippen molar-refractivity contribution in [3.8, 4) is 0 Å². The Kier molecular flexibility index (Phi) is 6.40. The number of carbonyl (C=O) groups is 2. The SMILES string of the molecule is CC(C)(C)OC(=O)N1CC[C@@H](NC(=O)c2ccc(B3OC(C)(C)C(C)(C)O3)cc2Cl)C1. The summed E-state index contributed by atoms with van der Waals surface area (Å²) in [5.74, 6) is -0.276. The smallest absolute Gasteiger partial charge is 0.444 e. The Morgan fingerprint density at radius 1 is 1.19 bits per heavy atom. The summed E-state index contributed by atoms with van der Waals surface area (Å²) in [5.41, 5.74) is -0.328. The third-order valence-corrected chi connectivity index (χ3v) is 6.25. The zero-order valence-electron chi connectivity index (χ0n) is 19.4. The Hall–Kier alpha value is -1.77. The number of likely N-dealkylation sites (tertiary alicyclic amines) is 1. The van der Waals surface area contributed by atoms with Gasteiger partial charge in [-0.2, -0.15) is 0 Å². The average molecular weight is 451 g/mol. The molecule has 0 saturated carbocycles. The van der Waals surface area contributed by atoms with E-state index in [0.29, 0.717) is 30.1 Å². The van der Waals surface area contributed by atoms with Crippen molar-refractivity contribution >= 4 is 36.2 Å². The van der Waals surface area contributed by atoms with E-state index in [9.17, 15) is 9.59 Å². The van der Waals surface area contributed by atoms with Gasteiger partial charge in [0.2, 0.25) is 0 Å². The number of ether oxygens (including phenoxy) is 1. The van der Waals surface area contributed by atoms with Crippen molar-refractivity contribution in [2.75, 3.05) is 13.1 Å². The molecule has 170 valence electrons. The fourth-order valence-electron chi connectivity index (χ4n) is 3.47. The third kappa shape index (κ3) is 5.36. The number of carbonyl (C=O) groups excluding carboxylic acids is 2. The molecule has 0 aromatic heterocycles. The molecule has 3 rings (SSSR count). The van der Waals surface area contributed by atoms with Gasteiger partial charge >= 0.3 is 13.2 Å². The van der Waals surface area contributed by atoms with Gasteiger partial charge in [0.25, 0.3) is 5.91 Å². The van der Waals surface area contributed by atoms with Crippen LogP contribution in [0.3, 0.4) is 0 Å². The number of benzene rings is 1. The lowest BCUT2D eigenvalue weighted by Crippen LogP contribution is -2.41. The molecule has 2 heterocycles. The monoisotopic (exact) mass is 450 g/mol. The zero-order chi connectivity index (χ0) is 23.2. The highest BCUT2D eigenvalue weighted by Crippen LogP contribution is 2.36. The number of nitrogens with one attached hydrogen (secondary N) is 1. The van der Waals surface area contributed by atoms with E-state index in [1.165, 1.54) is 0 Å².